The van der Waals surface area contributed by atoms with Crippen LogP contribution in [-0.2, 0) is 10.2 Å². The molecule has 3 heterocycles. The molecule has 4 aromatic rings. The smallest absolute Gasteiger partial charge is 0.335 e. The van der Waals surface area contributed by atoms with Crippen molar-refractivity contribution in [2.75, 3.05) is 0 Å². The summed E-state index contributed by atoms with van der Waals surface area (Å²) in [5.41, 5.74) is 2.40. The van der Waals surface area contributed by atoms with Crippen molar-refractivity contribution in [2.45, 2.75) is 62.9 Å². The number of aromatic nitrogens is 4. The van der Waals surface area contributed by atoms with Crippen LogP contribution in [0.3, 0.4) is 0 Å². The van der Waals surface area contributed by atoms with Gasteiger partial charge >= 0.3 is 5.97 Å². The number of pyridine rings is 1. The Labute approximate surface area is 201 Å². The molecule has 1 aromatic carbocycles. The van der Waals surface area contributed by atoms with Gasteiger partial charge < -0.3 is 14.8 Å². The van der Waals surface area contributed by atoms with Crippen LogP contribution in [-0.4, -0.2) is 41.5 Å². The van der Waals surface area contributed by atoms with E-state index in [-0.39, 0.29) is 31.0 Å². The Morgan fingerprint density at radius 3 is 2.63 bits per heavy atom. The lowest BCUT2D eigenvalue weighted by Gasteiger charge is -2.35. The number of fused-ring (bicyclic) bond motifs is 2. The van der Waals surface area contributed by atoms with Crippen LogP contribution in [0.25, 0.3) is 27.8 Å². The number of nitrogens with one attached hydrogen (secondary N) is 1. The van der Waals surface area contributed by atoms with Crippen LogP contribution >= 0.6 is 0 Å². The lowest BCUT2D eigenvalue weighted by Crippen LogP contribution is -2.41. The maximum absolute atomic E-state index is 13.8. The van der Waals surface area contributed by atoms with E-state index in [4.69, 9.17) is 4.98 Å². The van der Waals surface area contributed by atoms with Crippen LogP contribution in [0.2, 0.25) is 0 Å². The lowest BCUT2D eigenvalue weighted by molar-refractivity contribution is -0.162. The molecule has 8 nitrogen and oxygen atoms in total. The van der Waals surface area contributed by atoms with E-state index in [1.54, 1.807) is 18.3 Å². The van der Waals surface area contributed by atoms with Crippen LogP contribution in [0.5, 0.6) is 0 Å². The Bertz CT molecular complexity index is 1470. The summed E-state index contributed by atoms with van der Waals surface area (Å²) in [5.74, 6) is -1.62. The van der Waals surface area contributed by atoms with Gasteiger partial charge in [-0.05, 0) is 61.9 Å². The molecule has 0 amide bonds. The summed E-state index contributed by atoms with van der Waals surface area (Å²) in [7, 11) is 0. The SMILES string of the molecule is CC(C)(CC#N)c1c([C@H]2CC[C@](O)(C(=O)O)CC2)c2nc3[nH]ncc3cc2n1-c1ccc(F)cc1. The third-order valence-corrected chi connectivity index (χ3v) is 7.25. The summed E-state index contributed by atoms with van der Waals surface area (Å²) in [6, 6.07) is 10.5. The van der Waals surface area contributed by atoms with Crippen LogP contribution in [0.1, 0.15) is 63.1 Å². The van der Waals surface area contributed by atoms with Gasteiger partial charge in [0.25, 0.3) is 0 Å². The van der Waals surface area contributed by atoms with E-state index in [1.165, 1.54) is 12.1 Å². The van der Waals surface area contributed by atoms with Gasteiger partial charge in [0.2, 0.25) is 0 Å². The molecule has 0 radical (unpaired) electrons. The second kappa shape index (κ2) is 8.17. The Balaban J connectivity index is 1.82. The minimum absolute atomic E-state index is 0.0698. The van der Waals surface area contributed by atoms with Crippen LogP contribution in [0.4, 0.5) is 4.39 Å². The average Bonchev–Trinajstić information content (AvgIpc) is 3.41. The summed E-state index contributed by atoms with van der Waals surface area (Å²) < 4.78 is 15.9. The standard InChI is InChI=1S/C26H26FN5O3/c1-25(2,11-12-28)22-20(15-7-9-26(35,10-8-15)24(33)34)21-19(13-16-14-29-31-23(16)30-21)32(22)18-5-3-17(27)4-6-18/h3-6,13-15,35H,7-11H2,1-2H3,(H,33,34)(H,29,30,31)/t15-,26+. The Kier molecular flexibility index (Phi) is 5.37. The zero-order valence-corrected chi connectivity index (χ0v) is 19.5. The van der Waals surface area contributed by atoms with Gasteiger partial charge in [0.1, 0.15) is 5.82 Å². The maximum Gasteiger partial charge on any atom is 0.335 e. The van der Waals surface area contributed by atoms with Gasteiger partial charge in [0.05, 0.1) is 23.3 Å². The molecule has 1 saturated carbocycles. The number of carboxylic acids is 1. The van der Waals surface area contributed by atoms with Crippen molar-refractivity contribution in [1.29, 1.82) is 5.26 Å². The van der Waals surface area contributed by atoms with Gasteiger partial charge in [0, 0.05) is 34.2 Å². The number of benzene rings is 1. The van der Waals surface area contributed by atoms with Gasteiger partial charge in [-0.2, -0.15) is 10.4 Å². The Morgan fingerprint density at radius 2 is 2.00 bits per heavy atom. The molecule has 1 fully saturated rings. The zero-order chi connectivity index (χ0) is 25.0. The van der Waals surface area contributed by atoms with Crippen molar-refractivity contribution in [2.24, 2.45) is 0 Å². The number of nitrogens with zero attached hydrogens (tertiary/aromatic N) is 4. The van der Waals surface area contributed by atoms with Gasteiger partial charge in [-0.15, -0.1) is 0 Å². The lowest BCUT2D eigenvalue weighted by atomic mass is 9.73. The number of rotatable bonds is 5. The first-order valence-corrected chi connectivity index (χ1v) is 11.6. The van der Waals surface area contributed by atoms with Gasteiger partial charge in [-0.1, -0.05) is 13.8 Å². The van der Waals surface area contributed by atoms with Gasteiger partial charge in [-0.3, -0.25) is 5.10 Å². The first-order valence-electron chi connectivity index (χ1n) is 11.6. The van der Waals surface area contributed by atoms with Gasteiger partial charge in [0.15, 0.2) is 11.2 Å². The predicted octanol–water partition coefficient (Wildman–Crippen LogP) is 4.71. The number of carboxylic acid groups (broad SMARTS) is 1. The van der Waals surface area contributed by atoms with Gasteiger partial charge in [-0.25, -0.2) is 14.2 Å². The highest BCUT2D eigenvalue weighted by Crippen LogP contribution is 2.47. The molecule has 0 atom stereocenters. The van der Waals surface area contributed by atoms with E-state index in [2.05, 4.69) is 16.3 Å². The number of hydrogen-bond donors (Lipinski definition) is 3. The van der Waals surface area contributed by atoms with Crippen molar-refractivity contribution in [3.63, 3.8) is 0 Å². The topological polar surface area (TPSA) is 128 Å². The molecule has 0 bridgehead atoms. The third kappa shape index (κ3) is 3.74. The largest absolute Gasteiger partial charge is 0.479 e. The van der Waals surface area contributed by atoms with E-state index < -0.39 is 17.0 Å². The fourth-order valence-electron chi connectivity index (χ4n) is 5.38. The van der Waals surface area contributed by atoms with Crippen molar-refractivity contribution in [3.05, 3.63) is 53.6 Å². The van der Waals surface area contributed by atoms with Crippen LogP contribution < -0.4 is 0 Å². The molecule has 0 saturated heterocycles. The number of aromatic amines is 1. The monoisotopic (exact) mass is 475 g/mol. The van der Waals surface area contributed by atoms with Crippen molar-refractivity contribution in [3.8, 4) is 11.8 Å². The number of aliphatic carboxylic acids is 1. The normalized spacial score (nSPS) is 20.8. The summed E-state index contributed by atoms with van der Waals surface area (Å²) in [6.45, 7) is 4.00. The average molecular weight is 476 g/mol. The number of carbonyl (C=O) groups is 1. The molecule has 5 rings (SSSR count). The van der Waals surface area contributed by atoms with E-state index in [0.29, 0.717) is 18.5 Å². The number of H-pyrrole nitrogens is 1. The highest BCUT2D eigenvalue weighted by molar-refractivity contribution is 5.94. The zero-order valence-electron chi connectivity index (χ0n) is 19.5. The first-order chi connectivity index (χ1) is 16.6. The molecule has 35 heavy (non-hydrogen) atoms. The number of halogens is 1. The predicted molar refractivity (Wildman–Crippen MR) is 128 cm³/mol. The quantitative estimate of drug-likeness (QED) is 0.384. The summed E-state index contributed by atoms with van der Waals surface area (Å²) in [5, 5.41) is 37.6. The first kappa shape index (κ1) is 23.0. The summed E-state index contributed by atoms with van der Waals surface area (Å²) in [6.07, 6.45) is 3.11. The fraction of sp³-hybridized carbons (Fsp3) is 0.385. The molecule has 0 spiro atoms. The second-order valence-corrected chi connectivity index (χ2v) is 10.1. The molecule has 1 aliphatic carbocycles. The molecular formula is C26H26FN5O3. The highest BCUT2D eigenvalue weighted by atomic mass is 19.1. The fourth-order valence-corrected chi connectivity index (χ4v) is 5.38. The molecule has 0 unspecified atom stereocenters. The van der Waals surface area contributed by atoms with Crippen molar-refractivity contribution >= 4 is 28.0 Å². The minimum atomic E-state index is -1.74. The number of nitriles is 1. The Hall–Kier alpha value is -3.77. The summed E-state index contributed by atoms with van der Waals surface area (Å²) >= 11 is 0. The van der Waals surface area contributed by atoms with E-state index in [9.17, 15) is 24.7 Å². The second-order valence-electron chi connectivity index (χ2n) is 10.1. The molecule has 0 aliphatic heterocycles. The Morgan fingerprint density at radius 1 is 1.31 bits per heavy atom. The van der Waals surface area contributed by atoms with Crippen molar-refractivity contribution < 1.29 is 19.4 Å². The minimum Gasteiger partial charge on any atom is -0.479 e. The molecular weight excluding hydrogens is 449 g/mol. The molecule has 180 valence electrons. The maximum atomic E-state index is 13.8. The highest BCUT2D eigenvalue weighted by Gasteiger charge is 2.43. The van der Waals surface area contributed by atoms with E-state index in [0.717, 1.165) is 33.4 Å². The van der Waals surface area contributed by atoms with Crippen LogP contribution in [0, 0.1) is 17.1 Å². The number of aliphatic hydroxyl groups is 1. The van der Waals surface area contributed by atoms with Crippen LogP contribution in [0.15, 0.2) is 36.5 Å². The summed E-state index contributed by atoms with van der Waals surface area (Å²) in [4.78, 5) is 16.5. The molecule has 1 aliphatic rings. The number of hydrogen-bond acceptors (Lipinski definition) is 5. The molecule has 3 aromatic heterocycles. The van der Waals surface area contributed by atoms with Crippen molar-refractivity contribution in [1.82, 2.24) is 19.7 Å². The third-order valence-electron chi connectivity index (χ3n) is 7.25. The van der Waals surface area contributed by atoms with E-state index >= 15 is 0 Å². The molecule has 9 heteroatoms. The molecule has 3 N–H and O–H groups in total. The van der Waals surface area contributed by atoms with E-state index in [1.807, 2.05) is 24.5 Å².